The summed E-state index contributed by atoms with van der Waals surface area (Å²) in [5, 5.41) is 3.08. The molecule has 0 aliphatic heterocycles. The molecular weight excluding hydrogens is 536 g/mol. The lowest BCUT2D eigenvalue weighted by Gasteiger charge is -2.34. The summed E-state index contributed by atoms with van der Waals surface area (Å²) in [5.41, 5.74) is 1.52. The topological polar surface area (TPSA) is 86.8 Å². The molecule has 1 saturated carbocycles. The van der Waals surface area contributed by atoms with Crippen LogP contribution < -0.4 is 9.62 Å². The molecule has 1 atom stereocenters. The quantitative estimate of drug-likeness (QED) is 0.370. The number of nitrogens with zero attached hydrogens (tertiary/aromatic N) is 2. The zero-order valence-electron chi connectivity index (χ0n) is 22.3. The van der Waals surface area contributed by atoms with Crippen LogP contribution in [0.2, 0.25) is 0 Å². The second-order valence-corrected chi connectivity index (χ2v) is 12.0. The highest BCUT2D eigenvalue weighted by Gasteiger charge is 2.34. The third kappa shape index (κ3) is 7.88. The van der Waals surface area contributed by atoms with Gasteiger partial charge in [-0.3, -0.25) is 13.9 Å². The van der Waals surface area contributed by atoms with Crippen LogP contribution in [0.4, 0.5) is 14.5 Å². The van der Waals surface area contributed by atoms with Crippen LogP contribution in [0.3, 0.4) is 0 Å². The van der Waals surface area contributed by atoms with Crippen LogP contribution in [0.5, 0.6) is 0 Å². The lowest BCUT2D eigenvalue weighted by atomic mass is 10.0. The van der Waals surface area contributed by atoms with Gasteiger partial charge in [0.05, 0.1) is 11.9 Å². The predicted molar refractivity (Wildman–Crippen MR) is 150 cm³/mol. The molecule has 0 saturated heterocycles. The van der Waals surface area contributed by atoms with Gasteiger partial charge in [-0.1, -0.05) is 55.3 Å². The average Bonchev–Trinajstić information content (AvgIpc) is 3.44. The van der Waals surface area contributed by atoms with Gasteiger partial charge in [-0.25, -0.2) is 17.2 Å². The molecule has 0 spiro atoms. The van der Waals surface area contributed by atoms with Crippen LogP contribution in [0.1, 0.15) is 36.8 Å². The normalized spacial score (nSPS) is 14.5. The minimum absolute atomic E-state index is 0.000259. The van der Waals surface area contributed by atoms with E-state index in [4.69, 9.17) is 0 Å². The van der Waals surface area contributed by atoms with Gasteiger partial charge in [0.15, 0.2) is 0 Å². The fraction of sp³-hybridized carbons (Fsp3) is 0.333. The number of anilines is 1. The Morgan fingerprint density at radius 1 is 0.875 bits per heavy atom. The van der Waals surface area contributed by atoms with Crippen molar-refractivity contribution in [2.45, 2.75) is 50.7 Å². The lowest BCUT2D eigenvalue weighted by molar-refractivity contribution is -0.140. The first-order valence-electron chi connectivity index (χ1n) is 13.2. The zero-order chi connectivity index (χ0) is 28.7. The van der Waals surface area contributed by atoms with E-state index in [0.29, 0.717) is 5.56 Å². The van der Waals surface area contributed by atoms with E-state index in [1.54, 1.807) is 0 Å². The maximum atomic E-state index is 14.0. The van der Waals surface area contributed by atoms with Crippen molar-refractivity contribution in [1.82, 2.24) is 10.2 Å². The van der Waals surface area contributed by atoms with Crippen LogP contribution in [0.15, 0.2) is 78.9 Å². The summed E-state index contributed by atoms with van der Waals surface area (Å²) >= 11 is 0. The first-order valence-corrected chi connectivity index (χ1v) is 15.1. The molecule has 1 N–H and O–H groups in total. The summed E-state index contributed by atoms with van der Waals surface area (Å²) in [6.07, 6.45) is 4.87. The van der Waals surface area contributed by atoms with Crippen LogP contribution in [-0.2, 0) is 32.6 Å². The highest BCUT2D eigenvalue weighted by Crippen LogP contribution is 2.22. The van der Waals surface area contributed by atoms with E-state index in [2.05, 4.69) is 5.32 Å². The minimum atomic E-state index is -3.95. The molecule has 0 unspecified atom stereocenters. The molecule has 2 amide bonds. The molecule has 0 heterocycles. The number of halogens is 2. The van der Waals surface area contributed by atoms with E-state index in [9.17, 15) is 26.8 Å². The largest absolute Gasteiger partial charge is 0.352 e. The Bertz CT molecular complexity index is 1400. The summed E-state index contributed by atoms with van der Waals surface area (Å²) in [7, 11) is -3.95. The van der Waals surface area contributed by atoms with E-state index in [1.165, 1.54) is 41.3 Å². The fourth-order valence-corrected chi connectivity index (χ4v) is 5.78. The molecule has 212 valence electrons. The molecule has 10 heteroatoms. The zero-order valence-corrected chi connectivity index (χ0v) is 23.1. The van der Waals surface area contributed by atoms with Gasteiger partial charge in [0.25, 0.3) is 0 Å². The Balaban J connectivity index is 1.71. The number of benzene rings is 3. The summed E-state index contributed by atoms with van der Waals surface area (Å²) in [5.74, 6) is -1.95. The Morgan fingerprint density at radius 3 is 2.02 bits per heavy atom. The molecule has 7 nitrogen and oxygen atoms in total. The second kappa shape index (κ2) is 13.0. The van der Waals surface area contributed by atoms with Crippen molar-refractivity contribution in [3.8, 4) is 0 Å². The highest BCUT2D eigenvalue weighted by atomic mass is 32.2. The van der Waals surface area contributed by atoms with Crippen molar-refractivity contribution in [1.29, 1.82) is 0 Å². The van der Waals surface area contributed by atoms with E-state index >= 15 is 0 Å². The standard InChI is InChI=1S/C30H33F2N3O4S/c1-40(38,39)35(27-17-15-25(32)16-18-27)21-29(36)34(20-23-11-13-24(31)14-12-23)28(19-22-7-3-2-4-8-22)30(37)33-26-9-5-6-10-26/h2-4,7-8,11-18,26,28H,5-6,9-10,19-21H2,1H3,(H,33,37)/t28-/m0/s1. The molecule has 3 aromatic rings. The third-order valence-corrected chi connectivity index (χ3v) is 8.17. The first-order chi connectivity index (χ1) is 19.1. The number of hydrogen-bond acceptors (Lipinski definition) is 4. The van der Waals surface area contributed by atoms with Gasteiger partial charge in [0.2, 0.25) is 21.8 Å². The van der Waals surface area contributed by atoms with Gasteiger partial charge in [0, 0.05) is 19.0 Å². The van der Waals surface area contributed by atoms with Gasteiger partial charge in [-0.05, 0) is 60.4 Å². The Kier molecular flexibility index (Phi) is 9.52. The van der Waals surface area contributed by atoms with E-state index in [1.807, 2.05) is 30.3 Å². The van der Waals surface area contributed by atoms with Crippen molar-refractivity contribution in [2.75, 3.05) is 17.1 Å². The van der Waals surface area contributed by atoms with Crippen LogP contribution in [0, 0.1) is 11.6 Å². The number of hydrogen-bond donors (Lipinski definition) is 1. The first kappa shape index (κ1) is 29.2. The maximum absolute atomic E-state index is 14.0. The number of carbonyl (C=O) groups excluding carboxylic acids is 2. The van der Waals surface area contributed by atoms with Crippen molar-refractivity contribution in [2.24, 2.45) is 0 Å². The molecule has 4 rings (SSSR count). The summed E-state index contributed by atoms with van der Waals surface area (Å²) in [6, 6.07) is 18.7. The third-order valence-electron chi connectivity index (χ3n) is 7.03. The minimum Gasteiger partial charge on any atom is -0.352 e. The van der Waals surface area contributed by atoms with Gasteiger partial charge in [-0.15, -0.1) is 0 Å². The fourth-order valence-electron chi connectivity index (χ4n) is 4.93. The van der Waals surface area contributed by atoms with Crippen LogP contribution in [0.25, 0.3) is 0 Å². The molecule has 40 heavy (non-hydrogen) atoms. The van der Waals surface area contributed by atoms with Crippen LogP contribution in [-0.4, -0.2) is 50.0 Å². The molecule has 1 aliphatic carbocycles. The van der Waals surface area contributed by atoms with E-state index in [-0.39, 0.29) is 30.6 Å². The number of amides is 2. The van der Waals surface area contributed by atoms with Crippen LogP contribution >= 0.6 is 0 Å². The lowest BCUT2D eigenvalue weighted by Crippen LogP contribution is -2.54. The summed E-state index contributed by atoms with van der Waals surface area (Å²) in [4.78, 5) is 29.1. The molecular formula is C30H33F2N3O4S. The van der Waals surface area contributed by atoms with Crippen molar-refractivity contribution < 1.29 is 26.8 Å². The average molecular weight is 570 g/mol. The number of sulfonamides is 1. The van der Waals surface area contributed by atoms with Gasteiger partial charge in [-0.2, -0.15) is 0 Å². The van der Waals surface area contributed by atoms with Crippen molar-refractivity contribution >= 4 is 27.5 Å². The Hall–Kier alpha value is -3.79. The van der Waals surface area contributed by atoms with E-state index < -0.39 is 40.2 Å². The molecule has 1 fully saturated rings. The second-order valence-electron chi connectivity index (χ2n) is 10.1. The predicted octanol–water partition coefficient (Wildman–Crippen LogP) is 4.43. The maximum Gasteiger partial charge on any atom is 0.244 e. The summed E-state index contributed by atoms with van der Waals surface area (Å²) in [6.45, 7) is -0.649. The molecule has 3 aromatic carbocycles. The Labute approximate surface area is 233 Å². The summed E-state index contributed by atoms with van der Waals surface area (Å²) < 4.78 is 53.6. The van der Waals surface area contributed by atoms with Crippen molar-refractivity contribution in [3.05, 3.63) is 102 Å². The SMILES string of the molecule is CS(=O)(=O)N(CC(=O)N(Cc1ccc(F)cc1)[C@@H](Cc1ccccc1)C(=O)NC1CCCC1)c1ccc(F)cc1. The molecule has 1 aliphatic rings. The number of carbonyl (C=O) groups is 2. The monoisotopic (exact) mass is 569 g/mol. The number of rotatable bonds is 11. The molecule has 0 aromatic heterocycles. The van der Waals surface area contributed by atoms with Gasteiger partial charge in [0.1, 0.15) is 24.2 Å². The van der Waals surface area contributed by atoms with E-state index in [0.717, 1.165) is 53.9 Å². The molecule has 0 radical (unpaired) electrons. The smallest absolute Gasteiger partial charge is 0.244 e. The highest BCUT2D eigenvalue weighted by molar-refractivity contribution is 7.92. The van der Waals surface area contributed by atoms with Crippen molar-refractivity contribution in [3.63, 3.8) is 0 Å². The molecule has 0 bridgehead atoms. The van der Waals surface area contributed by atoms with Gasteiger partial charge >= 0.3 is 0 Å². The Morgan fingerprint density at radius 2 is 1.45 bits per heavy atom. The number of nitrogens with one attached hydrogen (secondary N) is 1. The van der Waals surface area contributed by atoms with Gasteiger partial charge < -0.3 is 10.2 Å².